The standard InChI is InChI=1S/C19H18N2O3S2/c1-14(15-8-3-2-4-9-15)20-19(22)16-10-5-6-11-17(16)21-26(23,24)18-12-7-13-25-18/h2-14,21H,1H3,(H,20,22)/t14-/m0/s1. The van der Waals surface area contributed by atoms with Crippen molar-refractivity contribution in [3.8, 4) is 0 Å². The molecule has 26 heavy (non-hydrogen) atoms. The molecule has 1 heterocycles. The van der Waals surface area contributed by atoms with E-state index in [-0.39, 0.29) is 27.4 Å². The molecule has 3 aromatic rings. The number of para-hydroxylation sites is 1. The number of carbonyl (C=O) groups is 1. The third kappa shape index (κ3) is 4.12. The molecule has 0 aliphatic heterocycles. The van der Waals surface area contributed by atoms with Crippen LogP contribution < -0.4 is 10.0 Å². The Hall–Kier alpha value is -2.64. The monoisotopic (exact) mass is 386 g/mol. The summed E-state index contributed by atoms with van der Waals surface area (Å²) in [6.07, 6.45) is 0. The van der Waals surface area contributed by atoms with Gasteiger partial charge in [0.25, 0.3) is 15.9 Å². The number of benzene rings is 2. The van der Waals surface area contributed by atoms with Crippen LogP contribution in [0.5, 0.6) is 0 Å². The van der Waals surface area contributed by atoms with E-state index < -0.39 is 10.0 Å². The minimum absolute atomic E-state index is 0.199. The van der Waals surface area contributed by atoms with Crippen LogP contribution in [0, 0.1) is 0 Å². The van der Waals surface area contributed by atoms with Crippen LogP contribution in [0.2, 0.25) is 0 Å². The van der Waals surface area contributed by atoms with Crippen LogP contribution >= 0.6 is 11.3 Å². The maximum Gasteiger partial charge on any atom is 0.271 e. The van der Waals surface area contributed by atoms with Crippen molar-refractivity contribution in [2.45, 2.75) is 17.2 Å². The largest absolute Gasteiger partial charge is 0.345 e. The molecule has 7 heteroatoms. The molecule has 0 aliphatic carbocycles. The molecule has 134 valence electrons. The molecule has 2 N–H and O–H groups in total. The SMILES string of the molecule is C[C@H](NC(=O)c1ccccc1NS(=O)(=O)c1cccs1)c1ccccc1. The first-order valence-corrected chi connectivity index (χ1v) is 10.3. The van der Waals surface area contributed by atoms with E-state index in [1.54, 1.807) is 35.7 Å². The Labute approximate surface area is 156 Å². The van der Waals surface area contributed by atoms with Gasteiger partial charge in [0, 0.05) is 0 Å². The average molecular weight is 386 g/mol. The Morgan fingerprint density at radius 2 is 1.65 bits per heavy atom. The zero-order valence-corrected chi connectivity index (χ0v) is 15.7. The maximum atomic E-state index is 12.7. The number of nitrogens with one attached hydrogen (secondary N) is 2. The van der Waals surface area contributed by atoms with Crippen molar-refractivity contribution >= 4 is 33.0 Å². The van der Waals surface area contributed by atoms with E-state index in [0.717, 1.165) is 16.9 Å². The van der Waals surface area contributed by atoms with Crippen LogP contribution in [-0.2, 0) is 10.0 Å². The molecule has 0 spiro atoms. The van der Waals surface area contributed by atoms with Gasteiger partial charge in [-0.1, -0.05) is 48.5 Å². The second kappa shape index (κ2) is 7.72. The van der Waals surface area contributed by atoms with E-state index in [1.165, 1.54) is 6.07 Å². The fourth-order valence-electron chi connectivity index (χ4n) is 2.48. The fraction of sp³-hybridized carbons (Fsp3) is 0.105. The van der Waals surface area contributed by atoms with Gasteiger partial charge in [-0.15, -0.1) is 11.3 Å². The fourth-order valence-corrected chi connectivity index (χ4v) is 4.55. The summed E-state index contributed by atoms with van der Waals surface area (Å²) in [4.78, 5) is 12.7. The smallest absolute Gasteiger partial charge is 0.271 e. The van der Waals surface area contributed by atoms with Gasteiger partial charge in [0.05, 0.1) is 17.3 Å². The van der Waals surface area contributed by atoms with Crippen molar-refractivity contribution in [1.29, 1.82) is 0 Å². The van der Waals surface area contributed by atoms with Gasteiger partial charge in [-0.25, -0.2) is 8.42 Å². The summed E-state index contributed by atoms with van der Waals surface area (Å²) in [5, 5.41) is 4.59. The quantitative estimate of drug-likeness (QED) is 0.671. The van der Waals surface area contributed by atoms with Crippen molar-refractivity contribution in [2.24, 2.45) is 0 Å². The molecule has 0 aliphatic rings. The van der Waals surface area contributed by atoms with Crippen LogP contribution in [-0.4, -0.2) is 14.3 Å². The summed E-state index contributed by atoms with van der Waals surface area (Å²) in [5.41, 5.74) is 1.49. The van der Waals surface area contributed by atoms with Crippen LogP contribution in [0.3, 0.4) is 0 Å². The molecule has 5 nitrogen and oxygen atoms in total. The summed E-state index contributed by atoms with van der Waals surface area (Å²) in [6, 6.07) is 19.1. The lowest BCUT2D eigenvalue weighted by molar-refractivity contribution is 0.0941. The van der Waals surface area contributed by atoms with Crippen LogP contribution in [0.15, 0.2) is 76.3 Å². The molecule has 3 rings (SSSR count). The lowest BCUT2D eigenvalue weighted by atomic mass is 10.1. The van der Waals surface area contributed by atoms with Crippen LogP contribution in [0.1, 0.15) is 28.9 Å². The van der Waals surface area contributed by atoms with Crippen LogP contribution in [0.25, 0.3) is 0 Å². The highest BCUT2D eigenvalue weighted by molar-refractivity contribution is 7.94. The molecular formula is C19H18N2O3S2. The first-order valence-electron chi connectivity index (χ1n) is 7.98. The molecule has 0 radical (unpaired) electrons. The number of hydrogen-bond donors (Lipinski definition) is 2. The molecule has 2 aromatic carbocycles. The number of amides is 1. The van der Waals surface area contributed by atoms with Gasteiger partial charge in [0.15, 0.2) is 0 Å². The predicted molar refractivity (Wildman–Crippen MR) is 104 cm³/mol. The normalized spacial score (nSPS) is 12.3. The van der Waals surface area contributed by atoms with Crippen LogP contribution in [0.4, 0.5) is 5.69 Å². The average Bonchev–Trinajstić information content (AvgIpc) is 3.18. The molecule has 1 amide bonds. The Balaban J connectivity index is 1.82. The lowest BCUT2D eigenvalue weighted by Crippen LogP contribution is -2.27. The number of carbonyl (C=O) groups excluding carboxylic acids is 1. The topological polar surface area (TPSA) is 75.3 Å². The molecule has 0 unspecified atom stereocenters. The highest BCUT2D eigenvalue weighted by atomic mass is 32.2. The number of sulfonamides is 1. The van der Waals surface area contributed by atoms with Gasteiger partial charge in [-0.05, 0) is 36.1 Å². The van der Waals surface area contributed by atoms with Gasteiger partial charge in [-0.3, -0.25) is 9.52 Å². The zero-order valence-electron chi connectivity index (χ0n) is 14.0. The Kier molecular flexibility index (Phi) is 5.39. The van der Waals surface area contributed by atoms with Gasteiger partial charge in [0.1, 0.15) is 4.21 Å². The highest BCUT2D eigenvalue weighted by Crippen LogP contribution is 2.23. The highest BCUT2D eigenvalue weighted by Gasteiger charge is 2.20. The van der Waals surface area contributed by atoms with Crippen molar-refractivity contribution in [3.05, 3.63) is 83.2 Å². The number of thiophene rings is 1. The Morgan fingerprint density at radius 1 is 0.962 bits per heavy atom. The molecule has 0 bridgehead atoms. The minimum Gasteiger partial charge on any atom is -0.345 e. The molecule has 0 saturated heterocycles. The summed E-state index contributed by atoms with van der Waals surface area (Å²) in [6.45, 7) is 1.88. The second-order valence-corrected chi connectivity index (χ2v) is 8.55. The minimum atomic E-state index is -3.72. The van der Waals surface area contributed by atoms with E-state index in [0.29, 0.717) is 0 Å². The molecule has 0 fully saturated rings. The van der Waals surface area contributed by atoms with Gasteiger partial charge < -0.3 is 5.32 Å². The number of hydrogen-bond acceptors (Lipinski definition) is 4. The molecular weight excluding hydrogens is 368 g/mol. The van der Waals surface area contributed by atoms with Gasteiger partial charge >= 0.3 is 0 Å². The number of rotatable bonds is 6. The van der Waals surface area contributed by atoms with E-state index in [2.05, 4.69) is 10.0 Å². The first-order chi connectivity index (χ1) is 12.5. The van der Waals surface area contributed by atoms with Crippen molar-refractivity contribution in [3.63, 3.8) is 0 Å². The second-order valence-electron chi connectivity index (χ2n) is 5.69. The van der Waals surface area contributed by atoms with Crippen molar-refractivity contribution < 1.29 is 13.2 Å². The molecule has 0 saturated carbocycles. The lowest BCUT2D eigenvalue weighted by Gasteiger charge is -2.16. The summed E-state index contributed by atoms with van der Waals surface area (Å²) < 4.78 is 27.6. The van der Waals surface area contributed by atoms with E-state index in [4.69, 9.17) is 0 Å². The Morgan fingerprint density at radius 3 is 2.35 bits per heavy atom. The first kappa shape index (κ1) is 18.2. The summed E-state index contributed by atoms with van der Waals surface area (Å²) >= 11 is 1.12. The van der Waals surface area contributed by atoms with Crippen molar-refractivity contribution in [2.75, 3.05) is 4.72 Å². The summed E-state index contributed by atoms with van der Waals surface area (Å²) in [5.74, 6) is -0.342. The van der Waals surface area contributed by atoms with Crippen molar-refractivity contribution in [1.82, 2.24) is 5.32 Å². The Bertz CT molecular complexity index is 985. The maximum absolute atomic E-state index is 12.7. The van der Waals surface area contributed by atoms with E-state index in [9.17, 15) is 13.2 Å². The van der Waals surface area contributed by atoms with E-state index >= 15 is 0 Å². The van der Waals surface area contributed by atoms with E-state index in [1.807, 2.05) is 37.3 Å². The number of anilines is 1. The van der Waals surface area contributed by atoms with Gasteiger partial charge in [0.2, 0.25) is 0 Å². The molecule has 1 atom stereocenters. The predicted octanol–water partition coefficient (Wildman–Crippen LogP) is 4.04. The zero-order chi connectivity index (χ0) is 18.6. The third-order valence-corrected chi connectivity index (χ3v) is 6.59. The summed E-state index contributed by atoms with van der Waals surface area (Å²) in [7, 11) is -3.72. The molecule has 1 aromatic heterocycles. The van der Waals surface area contributed by atoms with Gasteiger partial charge in [-0.2, -0.15) is 0 Å². The third-order valence-electron chi connectivity index (χ3n) is 3.82.